The van der Waals surface area contributed by atoms with Crippen LogP contribution in [-0.2, 0) is 0 Å². The standard InChI is InChI=1S/C68H47N/c1-7-23-48(24-8-1)57-46-45-56(47-63(57)50-27-11-3-12-28-50)69(55-43-41-51(42-44-55)59-38-21-37-58(49-25-9-2-10-26-49)65(59)52-29-13-4-14-30-52)64-40-22-39-62-60-35-19-20-36-61(60)66(53-31-15-5-16-32-53)67(68(62)64)54-33-17-6-18-34-54/h1-47H. The van der Waals surface area contributed by atoms with Crippen LogP contribution < -0.4 is 4.90 Å². The van der Waals surface area contributed by atoms with E-state index in [0.29, 0.717) is 0 Å². The predicted octanol–water partition coefficient (Wildman–Crippen LogP) is 19.1. The summed E-state index contributed by atoms with van der Waals surface area (Å²) in [6.07, 6.45) is 0. The lowest BCUT2D eigenvalue weighted by molar-refractivity contribution is 1.30. The van der Waals surface area contributed by atoms with Crippen molar-refractivity contribution in [1.82, 2.24) is 0 Å². The molecule has 0 radical (unpaired) electrons. The van der Waals surface area contributed by atoms with Gasteiger partial charge in [-0.2, -0.15) is 0 Å². The maximum absolute atomic E-state index is 2.49. The average Bonchev–Trinajstić information content (AvgIpc) is 3.44. The average molecular weight is 878 g/mol. The number of benzene rings is 12. The van der Waals surface area contributed by atoms with Crippen molar-refractivity contribution in [2.24, 2.45) is 0 Å². The lowest BCUT2D eigenvalue weighted by Crippen LogP contribution is -2.11. The fourth-order valence-corrected chi connectivity index (χ4v) is 10.4. The van der Waals surface area contributed by atoms with Crippen LogP contribution in [-0.4, -0.2) is 0 Å². The smallest absolute Gasteiger partial charge is 0.0546 e. The summed E-state index contributed by atoms with van der Waals surface area (Å²) in [6, 6.07) is 104. The van der Waals surface area contributed by atoms with Crippen LogP contribution in [0.15, 0.2) is 285 Å². The summed E-state index contributed by atoms with van der Waals surface area (Å²) >= 11 is 0. The lowest BCUT2D eigenvalue weighted by atomic mass is 9.84. The van der Waals surface area contributed by atoms with Gasteiger partial charge < -0.3 is 4.90 Å². The predicted molar refractivity (Wildman–Crippen MR) is 294 cm³/mol. The Morgan fingerprint density at radius 2 is 0.594 bits per heavy atom. The van der Waals surface area contributed by atoms with Crippen LogP contribution >= 0.6 is 0 Å². The largest absolute Gasteiger partial charge is 0.310 e. The molecule has 0 saturated heterocycles. The molecule has 1 heteroatoms. The molecule has 0 amide bonds. The molecule has 324 valence electrons. The Hall–Kier alpha value is -9.04. The summed E-state index contributed by atoms with van der Waals surface area (Å²) in [5, 5.41) is 4.85. The van der Waals surface area contributed by atoms with Crippen LogP contribution in [0.25, 0.3) is 99.4 Å². The Kier molecular flexibility index (Phi) is 11.0. The highest BCUT2D eigenvalue weighted by Gasteiger charge is 2.25. The van der Waals surface area contributed by atoms with E-state index < -0.39 is 0 Å². The third-order valence-corrected chi connectivity index (χ3v) is 13.5. The molecule has 0 fully saturated rings. The molecule has 12 rings (SSSR count). The highest BCUT2D eigenvalue weighted by atomic mass is 15.1. The van der Waals surface area contributed by atoms with Crippen molar-refractivity contribution in [1.29, 1.82) is 0 Å². The van der Waals surface area contributed by atoms with Gasteiger partial charge in [-0.25, -0.2) is 0 Å². The second-order valence-corrected chi connectivity index (χ2v) is 17.5. The SMILES string of the molecule is c1ccc(-c2ccc(N(c3ccc(-c4cccc(-c5ccccc5)c4-c4ccccc4)cc3)c3cccc4c3c(-c3ccccc3)c(-c3ccccc3)c3ccccc34)cc2-c2ccccc2)cc1. The molecule has 12 aromatic rings. The normalized spacial score (nSPS) is 11.2. The minimum Gasteiger partial charge on any atom is -0.310 e. The highest BCUT2D eigenvalue weighted by molar-refractivity contribution is 6.25. The number of fused-ring (bicyclic) bond motifs is 3. The molecule has 0 aliphatic rings. The molecule has 1 nitrogen and oxygen atoms in total. The second-order valence-electron chi connectivity index (χ2n) is 17.5. The first-order chi connectivity index (χ1) is 34.3. The van der Waals surface area contributed by atoms with E-state index in [-0.39, 0.29) is 0 Å². The van der Waals surface area contributed by atoms with Crippen LogP contribution in [0.3, 0.4) is 0 Å². The Labute approximate surface area is 404 Å². The maximum atomic E-state index is 2.49. The summed E-state index contributed by atoms with van der Waals surface area (Å²) < 4.78 is 0. The highest BCUT2D eigenvalue weighted by Crippen LogP contribution is 2.51. The molecule has 12 aromatic carbocycles. The van der Waals surface area contributed by atoms with Crippen molar-refractivity contribution in [2.75, 3.05) is 4.90 Å². The summed E-state index contributed by atoms with van der Waals surface area (Å²) in [5.74, 6) is 0. The van der Waals surface area contributed by atoms with Crippen LogP contribution in [0.1, 0.15) is 0 Å². The van der Waals surface area contributed by atoms with Crippen molar-refractivity contribution in [3.05, 3.63) is 285 Å². The van der Waals surface area contributed by atoms with Gasteiger partial charge in [0.2, 0.25) is 0 Å². The van der Waals surface area contributed by atoms with Crippen molar-refractivity contribution in [2.45, 2.75) is 0 Å². The van der Waals surface area contributed by atoms with E-state index >= 15 is 0 Å². The number of anilines is 3. The van der Waals surface area contributed by atoms with Gasteiger partial charge in [0.25, 0.3) is 0 Å². The van der Waals surface area contributed by atoms with Gasteiger partial charge in [0, 0.05) is 22.3 Å². The fourth-order valence-electron chi connectivity index (χ4n) is 10.4. The molecular formula is C68H47N. The Bertz CT molecular complexity index is 3720. The van der Waals surface area contributed by atoms with Gasteiger partial charge in [-0.05, 0) is 119 Å². The maximum Gasteiger partial charge on any atom is 0.0546 e. The molecule has 0 heterocycles. The molecule has 0 N–H and O–H groups in total. The van der Waals surface area contributed by atoms with E-state index in [1.165, 1.54) is 93.9 Å². The van der Waals surface area contributed by atoms with E-state index in [4.69, 9.17) is 0 Å². The molecule has 0 unspecified atom stereocenters. The quantitative estimate of drug-likeness (QED) is 0.124. The first-order valence-electron chi connectivity index (χ1n) is 23.8. The van der Waals surface area contributed by atoms with Crippen molar-refractivity contribution >= 4 is 38.6 Å². The van der Waals surface area contributed by atoms with Gasteiger partial charge in [0.05, 0.1) is 5.69 Å². The van der Waals surface area contributed by atoms with E-state index in [9.17, 15) is 0 Å². The van der Waals surface area contributed by atoms with E-state index in [2.05, 4.69) is 290 Å². The van der Waals surface area contributed by atoms with Crippen LogP contribution in [0.2, 0.25) is 0 Å². The molecule has 0 spiro atoms. The molecule has 0 aromatic heterocycles. The zero-order valence-electron chi connectivity index (χ0n) is 38.1. The van der Waals surface area contributed by atoms with Crippen molar-refractivity contribution in [3.8, 4) is 77.9 Å². The summed E-state index contributed by atoms with van der Waals surface area (Å²) in [7, 11) is 0. The summed E-state index contributed by atoms with van der Waals surface area (Å²) in [5.41, 5.74) is 19.9. The Morgan fingerprint density at radius 3 is 1.14 bits per heavy atom. The zero-order chi connectivity index (χ0) is 45.9. The van der Waals surface area contributed by atoms with Crippen molar-refractivity contribution in [3.63, 3.8) is 0 Å². The summed E-state index contributed by atoms with van der Waals surface area (Å²) in [4.78, 5) is 2.49. The van der Waals surface area contributed by atoms with Crippen LogP contribution in [0.4, 0.5) is 17.1 Å². The van der Waals surface area contributed by atoms with Gasteiger partial charge in [-0.15, -0.1) is 0 Å². The molecule has 0 atom stereocenters. The number of hydrogen-bond acceptors (Lipinski definition) is 1. The van der Waals surface area contributed by atoms with Crippen molar-refractivity contribution < 1.29 is 0 Å². The third-order valence-electron chi connectivity index (χ3n) is 13.5. The molecule has 0 bridgehead atoms. The van der Waals surface area contributed by atoms with Crippen LogP contribution in [0, 0.1) is 0 Å². The lowest BCUT2D eigenvalue weighted by Gasteiger charge is -2.30. The van der Waals surface area contributed by atoms with Gasteiger partial charge in [-0.1, -0.05) is 255 Å². The number of hydrogen-bond donors (Lipinski definition) is 0. The molecular weight excluding hydrogens is 831 g/mol. The Morgan fingerprint density at radius 1 is 0.203 bits per heavy atom. The molecule has 0 aliphatic carbocycles. The van der Waals surface area contributed by atoms with Gasteiger partial charge in [0.15, 0.2) is 0 Å². The number of rotatable bonds is 10. The number of nitrogens with zero attached hydrogens (tertiary/aromatic N) is 1. The fraction of sp³-hybridized carbons (Fsp3) is 0. The Balaban J connectivity index is 1.15. The van der Waals surface area contributed by atoms with E-state index in [1.807, 2.05) is 0 Å². The van der Waals surface area contributed by atoms with E-state index in [1.54, 1.807) is 0 Å². The minimum absolute atomic E-state index is 1.06. The molecule has 0 saturated carbocycles. The monoisotopic (exact) mass is 877 g/mol. The van der Waals surface area contributed by atoms with Gasteiger partial charge in [0.1, 0.15) is 0 Å². The minimum atomic E-state index is 1.06. The first-order valence-corrected chi connectivity index (χ1v) is 23.8. The first kappa shape index (κ1) is 41.4. The molecule has 0 aliphatic heterocycles. The zero-order valence-corrected chi connectivity index (χ0v) is 38.1. The van der Waals surface area contributed by atoms with Gasteiger partial charge in [-0.3, -0.25) is 0 Å². The third kappa shape index (κ3) is 7.76. The van der Waals surface area contributed by atoms with Crippen LogP contribution in [0.5, 0.6) is 0 Å². The van der Waals surface area contributed by atoms with Gasteiger partial charge >= 0.3 is 0 Å². The molecule has 69 heavy (non-hydrogen) atoms. The summed E-state index contributed by atoms with van der Waals surface area (Å²) in [6.45, 7) is 0. The second kappa shape index (κ2) is 18.3. The topological polar surface area (TPSA) is 3.24 Å². The van der Waals surface area contributed by atoms with E-state index in [0.717, 1.165) is 22.6 Å².